The Labute approximate surface area is 194 Å². The van der Waals surface area contributed by atoms with Gasteiger partial charge in [-0.15, -0.1) is 11.8 Å². The minimum Gasteiger partial charge on any atom is -0.360 e. The number of carbonyl (C=O) groups is 1. The zero-order chi connectivity index (χ0) is 22.2. The molecule has 3 aromatic rings. The zero-order valence-electron chi connectivity index (χ0n) is 18.5. The maximum atomic E-state index is 12.8. The minimum atomic E-state index is -0.0236. The van der Waals surface area contributed by atoms with Gasteiger partial charge >= 0.3 is 0 Å². The van der Waals surface area contributed by atoms with Crippen molar-refractivity contribution in [2.75, 3.05) is 39.3 Å². The lowest BCUT2D eigenvalue weighted by molar-refractivity contribution is 0.0931. The number of rotatable bonds is 9. The van der Waals surface area contributed by atoms with E-state index in [2.05, 4.69) is 50.6 Å². The number of hydrogen-bond acceptors (Lipinski definition) is 6. The highest BCUT2D eigenvalue weighted by Crippen LogP contribution is 2.26. The molecule has 1 aliphatic heterocycles. The van der Waals surface area contributed by atoms with Crippen molar-refractivity contribution >= 4 is 17.7 Å². The second-order valence-corrected chi connectivity index (χ2v) is 9.10. The Morgan fingerprint density at radius 1 is 1.03 bits per heavy atom. The Morgan fingerprint density at radius 3 is 2.50 bits per heavy atom. The van der Waals surface area contributed by atoms with Crippen LogP contribution in [0.5, 0.6) is 0 Å². The van der Waals surface area contributed by atoms with Gasteiger partial charge in [-0.1, -0.05) is 47.6 Å². The summed E-state index contributed by atoms with van der Waals surface area (Å²) >= 11 is 1.59. The van der Waals surface area contributed by atoms with Crippen LogP contribution < -0.4 is 5.32 Å². The molecule has 2 heterocycles. The van der Waals surface area contributed by atoms with Crippen LogP contribution in [0.4, 0.5) is 0 Å². The molecule has 2 aromatic carbocycles. The molecule has 168 valence electrons. The van der Waals surface area contributed by atoms with E-state index in [0.29, 0.717) is 17.9 Å². The van der Waals surface area contributed by atoms with Gasteiger partial charge < -0.3 is 9.84 Å². The van der Waals surface area contributed by atoms with Gasteiger partial charge in [0.15, 0.2) is 0 Å². The second kappa shape index (κ2) is 11.3. The first kappa shape index (κ1) is 22.6. The first-order valence-corrected chi connectivity index (χ1v) is 12.1. The summed E-state index contributed by atoms with van der Waals surface area (Å²) in [6.45, 7) is 8.62. The molecule has 0 bridgehead atoms. The van der Waals surface area contributed by atoms with Crippen LogP contribution in [0.25, 0.3) is 0 Å². The van der Waals surface area contributed by atoms with E-state index in [4.69, 9.17) is 4.52 Å². The van der Waals surface area contributed by atoms with Crippen molar-refractivity contribution in [2.24, 2.45) is 0 Å². The average Bonchev–Trinajstić information content (AvgIpc) is 3.25. The Hall–Kier alpha value is -2.61. The van der Waals surface area contributed by atoms with Crippen molar-refractivity contribution in [3.63, 3.8) is 0 Å². The second-order valence-electron chi connectivity index (χ2n) is 8.08. The maximum Gasteiger partial charge on any atom is 0.252 e. The van der Waals surface area contributed by atoms with Gasteiger partial charge in [0.25, 0.3) is 5.91 Å². The Morgan fingerprint density at radius 2 is 1.75 bits per heavy atom. The van der Waals surface area contributed by atoms with Gasteiger partial charge in [-0.3, -0.25) is 14.6 Å². The molecule has 1 N–H and O–H groups in total. The van der Waals surface area contributed by atoms with E-state index >= 15 is 0 Å². The first-order valence-electron chi connectivity index (χ1n) is 11.1. The van der Waals surface area contributed by atoms with Gasteiger partial charge in [-0.05, 0) is 24.6 Å². The number of nitrogens with zero attached hydrogens (tertiary/aromatic N) is 3. The number of carbonyl (C=O) groups excluding carboxylic acids is 1. The largest absolute Gasteiger partial charge is 0.360 e. The number of benzene rings is 2. The third-order valence-corrected chi connectivity index (χ3v) is 6.70. The van der Waals surface area contributed by atoms with Crippen molar-refractivity contribution in [1.29, 1.82) is 0 Å². The summed E-state index contributed by atoms with van der Waals surface area (Å²) in [6.07, 6.45) is 0. The molecule has 32 heavy (non-hydrogen) atoms. The predicted octanol–water partition coefficient (Wildman–Crippen LogP) is 3.82. The third-order valence-electron chi connectivity index (χ3n) is 5.61. The summed E-state index contributed by atoms with van der Waals surface area (Å²) in [4.78, 5) is 18.7. The molecule has 4 rings (SSSR count). The third kappa shape index (κ3) is 6.45. The van der Waals surface area contributed by atoms with Crippen LogP contribution >= 0.6 is 11.8 Å². The summed E-state index contributed by atoms with van der Waals surface area (Å²) in [5, 5.41) is 7.02. The van der Waals surface area contributed by atoms with E-state index in [1.54, 1.807) is 11.8 Å². The lowest BCUT2D eigenvalue weighted by Gasteiger charge is -2.34. The fourth-order valence-corrected chi connectivity index (χ4v) is 4.77. The molecule has 0 atom stereocenters. The predicted molar refractivity (Wildman–Crippen MR) is 128 cm³/mol. The summed E-state index contributed by atoms with van der Waals surface area (Å²) < 4.78 is 5.28. The molecule has 1 aromatic heterocycles. The van der Waals surface area contributed by atoms with Gasteiger partial charge in [-0.2, -0.15) is 0 Å². The Bertz CT molecular complexity index is 1000. The van der Waals surface area contributed by atoms with Crippen LogP contribution in [0.1, 0.15) is 27.4 Å². The fourth-order valence-electron chi connectivity index (χ4n) is 3.85. The van der Waals surface area contributed by atoms with Crippen LogP contribution in [0.3, 0.4) is 0 Å². The molecule has 0 radical (unpaired) electrons. The standard InChI is InChI=1S/C25H30N4O2S/c1-20-17-22(31-27-20)19-32-24-10-6-5-9-23(24)25(30)26-11-12-28-13-15-29(16-14-28)18-21-7-3-2-4-8-21/h2-10,17H,11-16,18-19H2,1H3,(H,26,30). The van der Waals surface area contributed by atoms with E-state index < -0.39 is 0 Å². The van der Waals surface area contributed by atoms with Crippen molar-refractivity contribution < 1.29 is 9.32 Å². The fraction of sp³-hybridized carbons (Fsp3) is 0.360. The molecule has 1 saturated heterocycles. The zero-order valence-corrected chi connectivity index (χ0v) is 19.3. The first-order chi connectivity index (χ1) is 15.7. The molecule has 6 nitrogen and oxygen atoms in total. The average molecular weight is 451 g/mol. The lowest BCUT2D eigenvalue weighted by Crippen LogP contribution is -2.48. The molecule has 1 amide bonds. The van der Waals surface area contributed by atoms with Crippen LogP contribution in [-0.4, -0.2) is 60.1 Å². The van der Waals surface area contributed by atoms with E-state index in [1.165, 1.54) is 5.56 Å². The van der Waals surface area contributed by atoms with Crippen molar-refractivity contribution in [3.05, 3.63) is 83.2 Å². The van der Waals surface area contributed by atoms with Crippen molar-refractivity contribution in [3.8, 4) is 0 Å². The highest BCUT2D eigenvalue weighted by atomic mass is 32.2. The van der Waals surface area contributed by atoms with Crippen molar-refractivity contribution in [1.82, 2.24) is 20.3 Å². The van der Waals surface area contributed by atoms with Gasteiger partial charge in [0.05, 0.1) is 17.0 Å². The molecule has 0 spiro atoms. The SMILES string of the molecule is Cc1cc(CSc2ccccc2C(=O)NCCN2CCN(Cc3ccccc3)CC2)on1. The summed E-state index contributed by atoms with van der Waals surface area (Å²) in [6, 6.07) is 20.3. The molecule has 1 fully saturated rings. The topological polar surface area (TPSA) is 61.6 Å². The Kier molecular flexibility index (Phi) is 7.98. The quantitative estimate of drug-likeness (QED) is 0.500. The highest BCUT2D eigenvalue weighted by Gasteiger charge is 2.17. The van der Waals surface area contributed by atoms with Gasteiger partial charge in [0, 0.05) is 56.8 Å². The van der Waals surface area contributed by atoms with Crippen molar-refractivity contribution in [2.45, 2.75) is 24.1 Å². The molecule has 0 aliphatic carbocycles. The van der Waals surface area contributed by atoms with Crippen LogP contribution in [0.15, 0.2) is 70.1 Å². The van der Waals surface area contributed by atoms with E-state index in [-0.39, 0.29) is 5.91 Å². The number of hydrogen-bond donors (Lipinski definition) is 1. The number of nitrogens with one attached hydrogen (secondary N) is 1. The van der Waals surface area contributed by atoms with Gasteiger partial charge in [0.2, 0.25) is 0 Å². The van der Waals surface area contributed by atoms with E-state index in [0.717, 1.165) is 55.6 Å². The molecule has 0 saturated carbocycles. The number of thioether (sulfide) groups is 1. The molecule has 0 unspecified atom stereocenters. The Balaban J connectivity index is 1.20. The smallest absolute Gasteiger partial charge is 0.252 e. The summed E-state index contributed by atoms with van der Waals surface area (Å²) in [5.41, 5.74) is 2.94. The lowest BCUT2D eigenvalue weighted by atomic mass is 10.2. The summed E-state index contributed by atoms with van der Waals surface area (Å²) in [5.74, 6) is 1.44. The highest BCUT2D eigenvalue weighted by molar-refractivity contribution is 7.98. The van der Waals surface area contributed by atoms with Gasteiger partial charge in [-0.25, -0.2) is 0 Å². The number of amides is 1. The van der Waals surface area contributed by atoms with Crippen LogP contribution in [0.2, 0.25) is 0 Å². The van der Waals surface area contributed by atoms with E-state index in [1.807, 2.05) is 37.3 Å². The maximum absolute atomic E-state index is 12.8. The molecular formula is C25H30N4O2S. The monoisotopic (exact) mass is 450 g/mol. The minimum absolute atomic E-state index is 0.0236. The molecule has 7 heteroatoms. The molecule has 1 aliphatic rings. The van der Waals surface area contributed by atoms with Crippen LogP contribution in [-0.2, 0) is 12.3 Å². The summed E-state index contributed by atoms with van der Waals surface area (Å²) in [7, 11) is 0. The number of aryl methyl sites for hydroxylation is 1. The molecular weight excluding hydrogens is 420 g/mol. The number of aromatic nitrogens is 1. The normalized spacial score (nSPS) is 15.0. The van der Waals surface area contributed by atoms with E-state index in [9.17, 15) is 4.79 Å². The van der Waals surface area contributed by atoms with Crippen LogP contribution in [0, 0.1) is 6.92 Å². The van der Waals surface area contributed by atoms with Gasteiger partial charge in [0.1, 0.15) is 5.76 Å². The number of piperazine rings is 1.